The summed E-state index contributed by atoms with van der Waals surface area (Å²) >= 11 is 0. The topological polar surface area (TPSA) is 53.4 Å². The van der Waals surface area contributed by atoms with E-state index in [9.17, 15) is 4.79 Å². The molecule has 2 saturated heterocycles. The van der Waals surface area contributed by atoms with Crippen molar-refractivity contribution in [2.45, 2.75) is 38.8 Å². The molecule has 4 rings (SSSR count). The van der Waals surface area contributed by atoms with Crippen LogP contribution in [0.1, 0.15) is 35.6 Å². The maximum atomic E-state index is 12.7. The zero-order chi connectivity index (χ0) is 19.3. The SMILES string of the molecule is Cc1ccccc1CN1CCN(C(=O)Cn2ccc([C@@H]3CCCNC3)n2)CC1. The first-order chi connectivity index (χ1) is 13.7. The molecule has 1 N–H and O–H groups in total. The van der Waals surface area contributed by atoms with E-state index in [0.29, 0.717) is 12.5 Å². The van der Waals surface area contributed by atoms with Crippen LogP contribution in [0.2, 0.25) is 0 Å². The average Bonchev–Trinajstić information content (AvgIpc) is 3.19. The molecule has 0 bridgehead atoms. The Kier molecular flexibility index (Phi) is 6.07. The Morgan fingerprint density at radius 1 is 1.18 bits per heavy atom. The molecule has 0 spiro atoms. The summed E-state index contributed by atoms with van der Waals surface area (Å²) in [6.45, 7) is 9.02. The lowest BCUT2D eigenvalue weighted by Gasteiger charge is -2.35. The summed E-state index contributed by atoms with van der Waals surface area (Å²) in [5.74, 6) is 0.655. The molecule has 0 aliphatic carbocycles. The molecule has 1 amide bonds. The van der Waals surface area contributed by atoms with E-state index in [2.05, 4.69) is 52.6 Å². The number of hydrogen-bond donors (Lipinski definition) is 1. The molecule has 2 aromatic rings. The highest BCUT2D eigenvalue weighted by atomic mass is 16.2. The van der Waals surface area contributed by atoms with Gasteiger partial charge in [-0.05, 0) is 43.5 Å². The van der Waals surface area contributed by atoms with Crippen LogP contribution in [-0.4, -0.2) is 64.8 Å². The number of carbonyl (C=O) groups excluding carboxylic acids is 1. The van der Waals surface area contributed by atoms with Crippen molar-refractivity contribution in [2.75, 3.05) is 39.3 Å². The molecule has 28 heavy (non-hydrogen) atoms. The summed E-state index contributed by atoms with van der Waals surface area (Å²) in [7, 11) is 0. The second-order valence-corrected chi connectivity index (χ2v) is 8.06. The molecule has 0 unspecified atom stereocenters. The van der Waals surface area contributed by atoms with Crippen LogP contribution in [0.4, 0.5) is 0 Å². The first-order valence-corrected chi connectivity index (χ1v) is 10.5. The minimum absolute atomic E-state index is 0.173. The number of rotatable bonds is 5. The molecule has 2 fully saturated rings. The van der Waals surface area contributed by atoms with Gasteiger partial charge in [0.15, 0.2) is 0 Å². The lowest BCUT2D eigenvalue weighted by Crippen LogP contribution is -2.49. The molecular weight excluding hydrogens is 350 g/mol. The highest BCUT2D eigenvalue weighted by molar-refractivity contribution is 5.76. The third-order valence-corrected chi connectivity index (χ3v) is 6.05. The molecule has 2 aliphatic rings. The molecular formula is C22H31N5O. The minimum atomic E-state index is 0.173. The number of hydrogen-bond acceptors (Lipinski definition) is 4. The van der Waals surface area contributed by atoms with Gasteiger partial charge in [0.25, 0.3) is 0 Å². The van der Waals surface area contributed by atoms with Crippen LogP contribution < -0.4 is 5.32 Å². The van der Waals surface area contributed by atoms with Gasteiger partial charge < -0.3 is 10.2 Å². The quantitative estimate of drug-likeness (QED) is 0.861. The van der Waals surface area contributed by atoms with Crippen molar-refractivity contribution in [3.8, 4) is 0 Å². The lowest BCUT2D eigenvalue weighted by atomic mass is 9.97. The van der Waals surface area contributed by atoms with Gasteiger partial charge in [-0.3, -0.25) is 14.4 Å². The van der Waals surface area contributed by atoms with Crippen molar-refractivity contribution in [2.24, 2.45) is 0 Å². The molecule has 1 atom stereocenters. The summed E-state index contributed by atoms with van der Waals surface area (Å²) in [6.07, 6.45) is 4.33. The largest absolute Gasteiger partial charge is 0.339 e. The van der Waals surface area contributed by atoms with E-state index in [4.69, 9.17) is 0 Å². The van der Waals surface area contributed by atoms with Crippen LogP contribution in [-0.2, 0) is 17.9 Å². The molecule has 2 aliphatic heterocycles. The maximum Gasteiger partial charge on any atom is 0.244 e. The standard InChI is InChI=1S/C22H31N5O/c1-18-5-2-3-6-20(18)16-25-11-13-26(14-12-25)22(28)17-27-10-8-21(24-27)19-7-4-9-23-15-19/h2-3,5-6,8,10,19,23H,4,7,9,11-17H2,1H3/t19-/m1/s1. The fourth-order valence-electron chi connectivity index (χ4n) is 4.21. The van der Waals surface area contributed by atoms with Gasteiger partial charge in [0.1, 0.15) is 6.54 Å². The Morgan fingerprint density at radius 2 is 2.00 bits per heavy atom. The van der Waals surface area contributed by atoms with Crippen LogP contribution >= 0.6 is 0 Å². The molecule has 1 aromatic carbocycles. The second kappa shape index (κ2) is 8.88. The number of piperazine rings is 1. The van der Waals surface area contributed by atoms with Gasteiger partial charge in [0.2, 0.25) is 5.91 Å². The lowest BCUT2D eigenvalue weighted by molar-refractivity contribution is -0.133. The molecule has 150 valence electrons. The van der Waals surface area contributed by atoms with Gasteiger partial charge in [-0.25, -0.2) is 0 Å². The Bertz CT molecular complexity index is 788. The molecule has 1 aromatic heterocycles. The normalized spacial score (nSPS) is 21.0. The van der Waals surface area contributed by atoms with E-state index in [1.165, 1.54) is 24.0 Å². The Balaban J connectivity index is 1.26. The monoisotopic (exact) mass is 381 g/mol. The zero-order valence-corrected chi connectivity index (χ0v) is 16.8. The number of piperidine rings is 1. The van der Waals surface area contributed by atoms with E-state index in [1.54, 1.807) is 0 Å². The van der Waals surface area contributed by atoms with Crippen molar-refractivity contribution in [1.82, 2.24) is 24.9 Å². The number of nitrogens with zero attached hydrogens (tertiary/aromatic N) is 4. The fraction of sp³-hybridized carbons (Fsp3) is 0.545. The Hall–Kier alpha value is -2.18. The Morgan fingerprint density at radius 3 is 2.75 bits per heavy atom. The summed E-state index contributed by atoms with van der Waals surface area (Å²) in [6, 6.07) is 10.6. The van der Waals surface area contributed by atoms with Crippen LogP contribution in [0, 0.1) is 6.92 Å². The number of amides is 1. The highest BCUT2D eigenvalue weighted by Crippen LogP contribution is 2.21. The molecule has 6 heteroatoms. The highest BCUT2D eigenvalue weighted by Gasteiger charge is 2.23. The van der Waals surface area contributed by atoms with Gasteiger partial charge in [0.05, 0.1) is 5.69 Å². The molecule has 0 radical (unpaired) electrons. The number of aromatic nitrogens is 2. The third-order valence-electron chi connectivity index (χ3n) is 6.05. The van der Waals surface area contributed by atoms with Crippen LogP contribution in [0.15, 0.2) is 36.5 Å². The number of benzene rings is 1. The smallest absolute Gasteiger partial charge is 0.244 e. The summed E-state index contributed by atoms with van der Waals surface area (Å²) in [5, 5.41) is 8.10. The van der Waals surface area contributed by atoms with Crippen molar-refractivity contribution >= 4 is 5.91 Å². The predicted octanol–water partition coefficient (Wildman–Crippen LogP) is 2.00. The first kappa shape index (κ1) is 19.2. The molecule has 0 saturated carbocycles. The molecule has 3 heterocycles. The van der Waals surface area contributed by atoms with Gasteiger partial charge >= 0.3 is 0 Å². The maximum absolute atomic E-state index is 12.7. The van der Waals surface area contributed by atoms with Crippen LogP contribution in [0.25, 0.3) is 0 Å². The predicted molar refractivity (Wildman–Crippen MR) is 110 cm³/mol. The summed E-state index contributed by atoms with van der Waals surface area (Å²) in [4.78, 5) is 17.1. The fourth-order valence-corrected chi connectivity index (χ4v) is 4.21. The van der Waals surface area contributed by atoms with E-state index in [-0.39, 0.29) is 5.91 Å². The summed E-state index contributed by atoms with van der Waals surface area (Å²) in [5.41, 5.74) is 3.83. The van der Waals surface area contributed by atoms with Crippen molar-refractivity contribution in [3.63, 3.8) is 0 Å². The van der Waals surface area contributed by atoms with E-state index < -0.39 is 0 Å². The second-order valence-electron chi connectivity index (χ2n) is 8.06. The van der Waals surface area contributed by atoms with Crippen molar-refractivity contribution in [1.29, 1.82) is 0 Å². The van der Waals surface area contributed by atoms with Gasteiger partial charge in [-0.2, -0.15) is 5.10 Å². The first-order valence-electron chi connectivity index (χ1n) is 10.5. The van der Waals surface area contributed by atoms with Crippen LogP contribution in [0.3, 0.4) is 0 Å². The zero-order valence-electron chi connectivity index (χ0n) is 16.8. The van der Waals surface area contributed by atoms with E-state index in [1.807, 2.05) is 15.8 Å². The summed E-state index contributed by atoms with van der Waals surface area (Å²) < 4.78 is 1.81. The minimum Gasteiger partial charge on any atom is -0.339 e. The van der Waals surface area contributed by atoms with E-state index in [0.717, 1.165) is 51.5 Å². The van der Waals surface area contributed by atoms with Gasteiger partial charge in [0, 0.05) is 51.4 Å². The van der Waals surface area contributed by atoms with Crippen LogP contribution in [0.5, 0.6) is 0 Å². The molecule has 6 nitrogen and oxygen atoms in total. The third kappa shape index (κ3) is 4.62. The average molecular weight is 382 g/mol. The Labute approximate surface area is 167 Å². The number of nitrogens with one attached hydrogen (secondary N) is 1. The van der Waals surface area contributed by atoms with Gasteiger partial charge in [-0.1, -0.05) is 24.3 Å². The van der Waals surface area contributed by atoms with Gasteiger partial charge in [-0.15, -0.1) is 0 Å². The van der Waals surface area contributed by atoms with E-state index >= 15 is 0 Å². The van der Waals surface area contributed by atoms with Crippen molar-refractivity contribution < 1.29 is 4.79 Å². The number of aryl methyl sites for hydroxylation is 1. The number of carbonyl (C=O) groups is 1. The van der Waals surface area contributed by atoms with Crippen molar-refractivity contribution in [3.05, 3.63) is 53.3 Å².